The molecule has 1 saturated carbocycles. The molecule has 0 heterocycles. The zero-order valence-electron chi connectivity index (χ0n) is 12.4. The fourth-order valence-electron chi connectivity index (χ4n) is 2.64. The van der Waals surface area contributed by atoms with Crippen molar-refractivity contribution in [1.29, 1.82) is 0 Å². The van der Waals surface area contributed by atoms with Gasteiger partial charge in [-0.15, -0.1) is 12.4 Å². The molecular formula is C14H28ClN3O2. The van der Waals surface area contributed by atoms with Crippen LogP contribution >= 0.6 is 12.4 Å². The molecule has 0 aromatic heterocycles. The summed E-state index contributed by atoms with van der Waals surface area (Å²) in [5.41, 5.74) is 11.0. The van der Waals surface area contributed by atoms with Crippen LogP contribution in [0.2, 0.25) is 0 Å². The van der Waals surface area contributed by atoms with Crippen LogP contribution in [0.25, 0.3) is 0 Å². The minimum absolute atomic E-state index is 0. The Morgan fingerprint density at radius 2 is 1.75 bits per heavy atom. The van der Waals surface area contributed by atoms with Crippen molar-refractivity contribution < 1.29 is 9.59 Å². The van der Waals surface area contributed by atoms with Crippen LogP contribution in [0, 0.1) is 11.8 Å². The molecule has 118 valence electrons. The van der Waals surface area contributed by atoms with Crippen molar-refractivity contribution in [2.75, 3.05) is 0 Å². The number of hydrogen-bond donors (Lipinski definition) is 3. The molecule has 0 spiro atoms. The molecule has 0 radical (unpaired) electrons. The highest BCUT2D eigenvalue weighted by Crippen LogP contribution is 2.28. The maximum Gasteiger partial charge on any atom is 0.224 e. The zero-order valence-corrected chi connectivity index (χ0v) is 13.2. The quantitative estimate of drug-likeness (QED) is 0.690. The van der Waals surface area contributed by atoms with Gasteiger partial charge in [0.05, 0.1) is 0 Å². The lowest BCUT2D eigenvalue weighted by molar-refractivity contribution is -0.126. The average molecular weight is 306 g/mol. The van der Waals surface area contributed by atoms with Gasteiger partial charge in [-0.2, -0.15) is 0 Å². The molecule has 1 fully saturated rings. The van der Waals surface area contributed by atoms with Gasteiger partial charge in [0.2, 0.25) is 11.8 Å². The number of nitrogens with two attached hydrogens (primary N) is 2. The molecule has 20 heavy (non-hydrogen) atoms. The van der Waals surface area contributed by atoms with Crippen LogP contribution in [-0.2, 0) is 9.59 Å². The summed E-state index contributed by atoms with van der Waals surface area (Å²) >= 11 is 0. The number of hydrogen-bond acceptors (Lipinski definition) is 3. The second-order valence-electron chi connectivity index (χ2n) is 5.83. The van der Waals surface area contributed by atoms with Crippen LogP contribution in [0.3, 0.4) is 0 Å². The van der Waals surface area contributed by atoms with Crippen LogP contribution in [0.5, 0.6) is 0 Å². The van der Waals surface area contributed by atoms with Crippen molar-refractivity contribution in [2.45, 2.75) is 64.5 Å². The van der Waals surface area contributed by atoms with E-state index in [-0.39, 0.29) is 48.6 Å². The fraction of sp³-hybridized carbons (Fsp3) is 0.857. The maximum atomic E-state index is 12.1. The van der Waals surface area contributed by atoms with E-state index in [2.05, 4.69) is 5.32 Å². The van der Waals surface area contributed by atoms with Gasteiger partial charge in [0, 0.05) is 24.4 Å². The Morgan fingerprint density at radius 3 is 2.20 bits per heavy atom. The van der Waals surface area contributed by atoms with Gasteiger partial charge in [-0.05, 0) is 25.7 Å². The van der Waals surface area contributed by atoms with Gasteiger partial charge in [0.15, 0.2) is 0 Å². The molecule has 0 bridgehead atoms. The Balaban J connectivity index is 0.00000361. The summed E-state index contributed by atoms with van der Waals surface area (Å²) < 4.78 is 0. The summed E-state index contributed by atoms with van der Waals surface area (Å²) in [5, 5.41) is 2.98. The first kappa shape index (κ1) is 19.2. The lowest BCUT2D eigenvalue weighted by atomic mass is 9.82. The van der Waals surface area contributed by atoms with E-state index in [4.69, 9.17) is 11.5 Å². The van der Waals surface area contributed by atoms with Crippen LogP contribution in [0.1, 0.15) is 52.4 Å². The molecule has 1 aliphatic carbocycles. The number of carbonyl (C=O) groups excluding carboxylic acids is 2. The van der Waals surface area contributed by atoms with E-state index in [1.54, 1.807) is 0 Å². The first-order valence-electron chi connectivity index (χ1n) is 7.26. The highest BCUT2D eigenvalue weighted by Gasteiger charge is 2.28. The molecule has 1 rings (SSSR count). The smallest absolute Gasteiger partial charge is 0.224 e. The van der Waals surface area contributed by atoms with Crippen molar-refractivity contribution in [3.05, 3.63) is 0 Å². The molecule has 0 aromatic rings. The second kappa shape index (κ2) is 9.19. The second-order valence-corrected chi connectivity index (χ2v) is 5.83. The van der Waals surface area contributed by atoms with E-state index in [1.807, 2.05) is 13.8 Å². The molecule has 0 saturated heterocycles. The Labute approximate surface area is 127 Å². The summed E-state index contributed by atoms with van der Waals surface area (Å²) in [7, 11) is 0. The monoisotopic (exact) mass is 305 g/mol. The number of halogens is 1. The summed E-state index contributed by atoms with van der Waals surface area (Å²) in [6.07, 6.45) is 5.92. The van der Waals surface area contributed by atoms with E-state index in [9.17, 15) is 9.59 Å². The Bertz CT molecular complexity index is 318. The Kier molecular flexibility index (Phi) is 8.81. The third-order valence-corrected chi connectivity index (χ3v) is 4.17. The number of carbonyl (C=O) groups is 2. The summed E-state index contributed by atoms with van der Waals surface area (Å²) in [5.74, 6) is -0.319. The number of rotatable bonds is 6. The van der Waals surface area contributed by atoms with E-state index >= 15 is 0 Å². The van der Waals surface area contributed by atoms with Crippen molar-refractivity contribution in [1.82, 2.24) is 5.32 Å². The van der Waals surface area contributed by atoms with Crippen molar-refractivity contribution >= 4 is 24.2 Å². The number of amides is 2. The first-order chi connectivity index (χ1) is 8.91. The van der Waals surface area contributed by atoms with Crippen molar-refractivity contribution in [3.63, 3.8) is 0 Å². The van der Waals surface area contributed by atoms with Crippen molar-refractivity contribution in [3.8, 4) is 0 Å². The van der Waals surface area contributed by atoms with Crippen LogP contribution in [0.4, 0.5) is 0 Å². The van der Waals surface area contributed by atoms with E-state index in [0.717, 1.165) is 12.8 Å². The molecule has 0 aromatic carbocycles. The Hall–Kier alpha value is -0.810. The molecular weight excluding hydrogens is 278 g/mol. The average Bonchev–Trinajstić information content (AvgIpc) is 2.37. The van der Waals surface area contributed by atoms with Gasteiger partial charge >= 0.3 is 0 Å². The topological polar surface area (TPSA) is 98.2 Å². The highest BCUT2D eigenvalue weighted by molar-refractivity contribution is 5.85. The maximum absolute atomic E-state index is 12.1. The van der Waals surface area contributed by atoms with Crippen LogP contribution in [-0.4, -0.2) is 23.9 Å². The van der Waals surface area contributed by atoms with E-state index in [0.29, 0.717) is 5.92 Å². The minimum atomic E-state index is -0.357. The molecule has 6 heteroatoms. The van der Waals surface area contributed by atoms with Gasteiger partial charge in [0.1, 0.15) is 0 Å². The molecule has 1 aliphatic rings. The molecule has 3 unspecified atom stereocenters. The first-order valence-corrected chi connectivity index (χ1v) is 7.26. The van der Waals surface area contributed by atoms with Gasteiger partial charge in [-0.1, -0.05) is 26.2 Å². The molecule has 5 N–H and O–H groups in total. The van der Waals surface area contributed by atoms with Gasteiger partial charge in [-0.3, -0.25) is 9.59 Å². The molecule has 3 atom stereocenters. The highest BCUT2D eigenvalue weighted by atomic mass is 35.5. The standard InChI is InChI=1S/C14H27N3O2.ClH/c1-9(10(2)15)14(19)17-12(8-13(16)18)11-6-4-3-5-7-11;/h9-12H,3-8,15H2,1-2H3,(H2,16,18)(H,17,19);1H. The molecule has 0 aliphatic heterocycles. The molecule has 5 nitrogen and oxygen atoms in total. The van der Waals surface area contributed by atoms with Crippen LogP contribution in [0.15, 0.2) is 0 Å². The fourth-order valence-corrected chi connectivity index (χ4v) is 2.64. The van der Waals surface area contributed by atoms with Crippen molar-refractivity contribution in [2.24, 2.45) is 23.3 Å². The van der Waals surface area contributed by atoms with E-state index < -0.39 is 0 Å². The lowest BCUT2D eigenvalue weighted by Gasteiger charge is -2.31. The summed E-state index contributed by atoms with van der Waals surface area (Å²) in [6.45, 7) is 3.62. The lowest BCUT2D eigenvalue weighted by Crippen LogP contribution is -2.48. The predicted molar refractivity (Wildman–Crippen MR) is 82.4 cm³/mol. The van der Waals surface area contributed by atoms with Gasteiger partial charge in [-0.25, -0.2) is 0 Å². The minimum Gasteiger partial charge on any atom is -0.370 e. The third kappa shape index (κ3) is 6.09. The van der Waals surface area contributed by atoms with Gasteiger partial charge < -0.3 is 16.8 Å². The van der Waals surface area contributed by atoms with Crippen LogP contribution < -0.4 is 16.8 Å². The third-order valence-electron chi connectivity index (χ3n) is 4.17. The Morgan fingerprint density at radius 1 is 1.20 bits per heavy atom. The normalized spacial score (nSPS) is 20.4. The van der Waals surface area contributed by atoms with Gasteiger partial charge in [0.25, 0.3) is 0 Å². The SMILES string of the molecule is CC(N)C(C)C(=O)NC(CC(N)=O)C1CCCCC1.Cl. The zero-order chi connectivity index (χ0) is 14.4. The number of primary amides is 1. The number of nitrogens with one attached hydrogen (secondary N) is 1. The summed E-state index contributed by atoms with van der Waals surface area (Å²) in [6, 6.07) is -0.327. The molecule has 2 amide bonds. The summed E-state index contributed by atoms with van der Waals surface area (Å²) in [4.78, 5) is 23.3. The largest absolute Gasteiger partial charge is 0.370 e. The predicted octanol–water partition coefficient (Wildman–Crippen LogP) is 1.33. The van der Waals surface area contributed by atoms with E-state index in [1.165, 1.54) is 19.3 Å².